The summed E-state index contributed by atoms with van der Waals surface area (Å²) in [7, 11) is 0. The van der Waals surface area contributed by atoms with E-state index in [0.29, 0.717) is 34.8 Å². The smallest absolute Gasteiger partial charge is 0.178 e. The largest absolute Gasteiger partial charge is 0.398 e. The second kappa shape index (κ2) is 10.6. The van der Waals surface area contributed by atoms with Gasteiger partial charge in [0.2, 0.25) is 0 Å². The summed E-state index contributed by atoms with van der Waals surface area (Å²) in [4.78, 5) is 19.4. The fourth-order valence-electron chi connectivity index (χ4n) is 5.41. The van der Waals surface area contributed by atoms with Crippen molar-refractivity contribution in [3.05, 3.63) is 89.3 Å². The minimum atomic E-state index is -0.386. The number of pyridine rings is 2. The molecular formula is C31H31FN6S. The molecule has 0 aliphatic heterocycles. The highest BCUT2D eigenvalue weighted by atomic mass is 32.1. The minimum absolute atomic E-state index is 0.381. The van der Waals surface area contributed by atoms with Crippen molar-refractivity contribution in [2.45, 2.75) is 45.4 Å². The molecule has 1 aliphatic carbocycles. The Morgan fingerprint density at radius 2 is 1.97 bits per heavy atom. The van der Waals surface area contributed by atoms with E-state index in [2.05, 4.69) is 45.9 Å². The number of fused-ring (bicyclic) bond motifs is 1. The van der Waals surface area contributed by atoms with Gasteiger partial charge in [0.25, 0.3) is 0 Å². The molecule has 1 aliphatic rings. The Kier molecular flexibility index (Phi) is 6.87. The van der Waals surface area contributed by atoms with Crippen LogP contribution in [0.15, 0.2) is 67.3 Å². The number of nitrogens with zero attached hydrogens (tertiary/aromatic N) is 3. The number of hydrogen-bond donors (Lipinski definition) is 3. The molecule has 39 heavy (non-hydrogen) atoms. The summed E-state index contributed by atoms with van der Waals surface area (Å²) in [6.45, 7) is 6.36. The SMILES string of the molecule is C=C(Nc1cncc(-c2cc(Cc3nc4nccc(-c5ccc(C)s5)c4[nH]3)c(N)cc2F)c1)C1CCCCC1. The normalized spacial score (nSPS) is 14.1. The number of nitrogens with two attached hydrogens (primary N) is 1. The molecule has 0 spiro atoms. The number of benzene rings is 1. The molecule has 4 aromatic heterocycles. The highest BCUT2D eigenvalue weighted by Gasteiger charge is 2.18. The van der Waals surface area contributed by atoms with Crippen molar-refractivity contribution in [3.8, 4) is 21.6 Å². The van der Waals surface area contributed by atoms with Gasteiger partial charge in [0, 0.05) is 56.6 Å². The molecule has 0 radical (unpaired) electrons. The maximum atomic E-state index is 15.2. The predicted molar refractivity (Wildman–Crippen MR) is 158 cm³/mol. The molecule has 1 fully saturated rings. The molecule has 8 heteroatoms. The van der Waals surface area contributed by atoms with Gasteiger partial charge < -0.3 is 16.0 Å². The Morgan fingerprint density at radius 1 is 1.13 bits per heavy atom. The van der Waals surface area contributed by atoms with Crippen LogP contribution in [0.25, 0.3) is 32.7 Å². The van der Waals surface area contributed by atoms with Gasteiger partial charge >= 0.3 is 0 Å². The first-order valence-corrected chi connectivity index (χ1v) is 14.2. The van der Waals surface area contributed by atoms with Gasteiger partial charge in [-0.25, -0.2) is 14.4 Å². The Morgan fingerprint density at radius 3 is 2.77 bits per heavy atom. The lowest BCUT2D eigenvalue weighted by atomic mass is 9.87. The molecule has 1 aromatic carbocycles. The number of aromatic amines is 1. The molecule has 1 saturated carbocycles. The van der Waals surface area contributed by atoms with Gasteiger partial charge in [-0.2, -0.15) is 0 Å². The summed E-state index contributed by atoms with van der Waals surface area (Å²) in [5.41, 5.74) is 13.0. The van der Waals surface area contributed by atoms with Crippen LogP contribution < -0.4 is 11.1 Å². The zero-order valence-corrected chi connectivity index (χ0v) is 22.7. The molecular weight excluding hydrogens is 507 g/mol. The Balaban J connectivity index is 1.28. The van der Waals surface area contributed by atoms with Gasteiger partial charge in [-0.3, -0.25) is 4.98 Å². The number of aryl methyl sites for hydroxylation is 1. The fraction of sp³-hybridized carbons (Fsp3) is 0.258. The number of anilines is 2. The fourth-order valence-corrected chi connectivity index (χ4v) is 6.31. The number of hydrogen-bond acceptors (Lipinski definition) is 6. The second-order valence-corrected chi connectivity index (χ2v) is 11.6. The van der Waals surface area contributed by atoms with Crippen molar-refractivity contribution in [3.63, 3.8) is 0 Å². The maximum Gasteiger partial charge on any atom is 0.178 e. The predicted octanol–water partition coefficient (Wildman–Crippen LogP) is 7.87. The Labute approximate surface area is 231 Å². The molecule has 0 atom stereocenters. The Bertz CT molecular complexity index is 1660. The van der Waals surface area contributed by atoms with Crippen molar-refractivity contribution in [1.82, 2.24) is 19.9 Å². The van der Waals surface area contributed by atoms with E-state index in [1.165, 1.54) is 30.2 Å². The monoisotopic (exact) mass is 538 g/mol. The van der Waals surface area contributed by atoms with Gasteiger partial charge in [0.15, 0.2) is 5.65 Å². The second-order valence-electron chi connectivity index (χ2n) is 10.3. The van der Waals surface area contributed by atoms with E-state index < -0.39 is 0 Å². The average molecular weight is 539 g/mol. The van der Waals surface area contributed by atoms with Gasteiger partial charge in [0.05, 0.1) is 17.4 Å². The highest BCUT2D eigenvalue weighted by Crippen LogP contribution is 2.34. The van der Waals surface area contributed by atoms with Gasteiger partial charge in [-0.15, -0.1) is 11.3 Å². The number of H-pyrrole nitrogens is 1. The summed E-state index contributed by atoms with van der Waals surface area (Å²) in [6, 6.07) is 11.3. The topological polar surface area (TPSA) is 92.5 Å². The van der Waals surface area contributed by atoms with Gasteiger partial charge in [0.1, 0.15) is 11.6 Å². The first-order valence-electron chi connectivity index (χ1n) is 13.3. The summed E-state index contributed by atoms with van der Waals surface area (Å²) in [5.74, 6) is 0.799. The molecule has 6 rings (SSSR count). The lowest BCUT2D eigenvalue weighted by Gasteiger charge is -2.24. The van der Waals surface area contributed by atoms with Crippen molar-refractivity contribution in [2.75, 3.05) is 11.1 Å². The number of aromatic nitrogens is 4. The van der Waals surface area contributed by atoms with Crippen molar-refractivity contribution in [2.24, 2.45) is 5.92 Å². The number of allylic oxidation sites excluding steroid dienone is 1. The summed E-state index contributed by atoms with van der Waals surface area (Å²) < 4.78 is 15.2. The van der Waals surface area contributed by atoms with E-state index in [4.69, 9.17) is 10.7 Å². The van der Waals surface area contributed by atoms with Gasteiger partial charge in [-0.1, -0.05) is 25.8 Å². The zero-order valence-electron chi connectivity index (χ0n) is 21.9. The van der Waals surface area contributed by atoms with Crippen molar-refractivity contribution in [1.29, 1.82) is 0 Å². The highest BCUT2D eigenvalue weighted by molar-refractivity contribution is 7.15. The molecule has 6 nitrogen and oxygen atoms in total. The molecule has 5 aromatic rings. The van der Waals surface area contributed by atoms with Crippen molar-refractivity contribution < 1.29 is 4.39 Å². The first kappa shape index (κ1) is 25.2. The lowest BCUT2D eigenvalue weighted by Crippen LogP contribution is -2.14. The van der Waals surface area contributed by atoms with Gasteiger partial charge in [-0.05, 0) is 67.6 Å². The van der Waals surface area contributed by atoms with E-state index in [9.17, 15) is 0 Å². The Hall–Kier alpha value is -4.04. The molecule has 0 bridgehead atoms. The molecule has 0 unspecified atom stereocenters. The quantitative estimate of drug-likeness (QED) is 0.183. The van der Waals surface area contributed by atoms with Crippen LogP contribution in [0.2, 0.25) is 0 Å². The summed E-state index contributed by atoms with van der Waals surface area (Å²) in [5, 5.41) is 3.42. The van der Waals surface area contributed by atoms with E-state index in [1.54, 1.807) is 36.0 Å². The van der Waals surface area contributed by atoms with Crippen LogP contribution in [-0.2, 0) is 6.42 Å². The number of nitrogens with one attached hydrogen (secondary N) is 2. The van der Waals surface area contributed by atoms with E-state index in [1.807, 2.05) is 12.1 Å². The molecule has 198 valence electrons. The van der Waals surface area contributed by atoms with Crippen LogP contribution in [0.4, 0.5) is 15.8 Å². The number of imidazole rings is 1. The number of halogens is 1. The van der Waals surface area contributed by atoms with E-state index in [-0.39, 0.29) is 5.82 Å². The van der Waals surface area contributed by atoms with Crippen molar-refractivity contribution >= 4 is 33.9 Å². The van der Waals surface area contributed by atoms with Crippen LogP contribution in [0.3, 0.4) is 0 Å². The zero-order chi connectivity index (χ0) is 26.9. The van der Waals surface area contributed by atoms with Crippen LogP contribution in [0, 0.1) is 18.7 Å². The third kappa shape index (κ3) is 5.29. The number of rotatable bonds is 7. The molecule has 4 N–H and O–H groups in total. The third-order valence-electron chi connectivity index (χ3n) is 7.49. The number of nitrogen functional groups attached to an aromatic ring is 1. The summed E-state index contributed by atoms with van der Waals surface area (Å²) in [6.07, 6.45) is 11.7. The average Bonchev–Trinajstić information content (AvgIpc) is 3.56. The van der Waals surface area contributed by atoms with Crippen LogP contribution in [0.5, 0.6) is 0 Å². The maximum absolute atomic E-state index is 15.2. The van der Waals surface area contributed by atoms with E-state index >= 15 is 4.39 Å². The molecule has 4 heterocycles. The summed E-state index contributed by atoms with van der Waals surface area (Å²) >= 11 is 1.73. The molecule has 0 saturated heterocycles. The molecule has 0 amide bonds. The first-order chi connectivity index (χ1) is 18.9. The minimum Gasteiger partial charge on any atom is -0.398 e. The third-order valence-corrected chi connectivity index (χ3v) is 8.52. The lowest BCUT2D eigenvalue weighted by molar-refractivity contribution is 0.405. The number of thiophene rings is 1. The standard InChI is InChI=1S/C31H31FN6S/c1-18-8-9-28(39-18)24-10-11-35-31-30(24)37-29(38-31)14-21-13-25(26(32)15-27(21)33)22-12-23(17-34-16-22)36-19(2)20-6-4-3-5-7-20/h8-13,15-17,20,36H,2-7,14,33H2,1H3,(H,35,37,38). The van der Waals surface area contributed by atoms with E-state index in [0.717, 1.165) is 51.6 Å². The van der Waals surface area contributed by atoms with Crippen LogP contribution in [0.1, 0.15) is 48.4 Å². The van der Waals surface area contributed by atoms with Crippen LogP contribution in [-0.4, -0.2) is 19.9 Å². The van der Waals surface area contributed by atoms with Crippen LogP contribution >= 0.6 is 11.3 Å².